The molecule has 0 saturated carbocycles. The van der Waals surface area contributed by atoms with Crippen molar-refractivity contribution in [2.45, 2.75) is 24.7 Å². The average Bonchev–Trinajstić information content (AvgIpc) is 3.05. The van der Waals surface area contributed by atoms with E-state index >= 15 is 0 Å². The highest BCUT2D eigenvalue weighted by atomic mass is 35.5. The Kier molecular flexibility index (Phi) is 3.56. The minimum atomic E-state index is -4.56. The van der Waals surface area contributed by atoms with Gasteiger partial charge in [0.2, 0.25) is 0 Å². The molecule has 2 aromatic heterocycles. The van der Waals surface area contributed by atoms with E-state index in [9.17, 15) is 18.0 Å². The summed E-state index contributed by atoms with van der Waals surface area (Å²) < 4.78 is 40.5. The lowest BCUT2D eigenvalue weighted by Gasteiger charge is -2.32. The van der Waals surface area contributed by atoms with Crippen molar-refractivity contribution < 1.29 is 23.1 Å². The number of nitrogens with one attached hydrogen (secondary N) is 1. The van der Waals surface area contributed by atoms with Crippen molar-refractivity contribution in [1.82, 2.24) is 9.78 Å². The first kappa shape index (κ1) is 15.2. The summed E-state index contributed by atoms with van der Waals surface area (Å²) >= 11 is 7.21. The monoisotopic (exact) mass is 351 g/mol. The quantitative estimate of drug-likeness (QED) is 0.859. The van der Waals surface area contributed by atoms with Crippen molar-refractivity contribution in [2.24, 2.45) is 0 Å². The van der Waals surface area contributed by atoms with E-state index in [0.29, 0.717) is 4.68 Å². The molecule has 3 heterocycles. The summed E-state index contributed by atoms with van der Waals surface area (Å²) in [6.07, 6.45) is -4.84. The van der Waals surface area contributed by atoms with Gasteiger partial charge in [-0.15, -0.1) is 11.3 Å². The van der Waals surface area contributed by atoms with Crippen LogP contribution in [0.1, 0.15) is 33.9 Å². The molecule has 10 heteroatoms. The van der Waals surface area contributed by atoms with Crippen LogP contribution in [0, 0.1) is 0 Å². The zero-order chi connectivity index (χ0) is 16.1. The molecular weight excluding hydrogens is 343 g/mol. The molecule has 0 spiro atoms. The molecule has 1 aliphatic rings. The van der Waals surface area contributed by atoms with Gasteiger partial charge in [-0.3, -0.25) is 0 Å². The second-order valence-electron chi connectivity index (χ2n) is 4.77. The second kappa shape index (κ2) is 5.17. The Morgan fingerprint density at radius 3 is 2.82 bits per heavy atom. The van der Waals surface area contributed by atoms with Gasteiger partial charge in [0.25, 0.3) is 0 Å². The molecule has 5 nitrogen and oxygen atoms in total. The van der Waals surface area contributed by atoms with E-state index in [0.717, 1.165) is 4.88 Å². The summed E-state index contributed by atoms with van der Waals surface area (Å²) in [7, 11) is 0. The molecule has 2 unspecified atom stereocenters. The van der Waals surface area contributed by atoms with Crippen LogP contribution < -0.4 is 5.32 Å². The largest absolute Gasteiger partial charge is 0.476 e. The Balaban J connectivity index is 2.10. The summed E-state index contributed by atoms with van der Waals surface area (Å²) in [6, 6.07) is 0.922. The van der Waals surface area contributed by atoms with Gasteiger partial charge < -0.3 is 10.4 Å². The molecule has 118 valence electrons. The number of halogens is 4. The van der Waals surface area contributed by atoms with Crippen LogP contribution >= 0.6 is 22.9 Å². The molecule has 1 aliphatic heterocycles. The number of rotatable bonds is 2. The number of carboxylic acids is 1. The van der Waals surface area contributed by atoms with Crippen LogP contribution in [0.25, 0.3) is 0 Å². The average molecular weight is 352 g/mol. The summed E-state index contributed by atoms with van der Waals surface area (Å²) in [6.45, 7) is 0. The fraction of sp³-hybridized carbons (Fsp3) is 0.333. The third-order valence-electron chi connectivity index (χ3n) is 3.38. The Bertz CT molecular complexity index is 714. The van der Waals surface area contributed by atoms with Gasteiger partial charge in [0.05, 0.1) is 6.04 Å². The standard InChI is InChI=1S/C12H9ClF3N3O2S/c13-8-9(11(20)21)18-19-7(12(14,15)16)4-5(17-10(8)19)6-2-1-3-22-6/h1-3,5,7,17H,4H2,(H,20,21). The van der Waals surface area contributed by atoms with Gasteiger partial charge >= 0.3 is 12.1 Å². The predicted octanol–water partition coefficient (Wildman–Crippen LogP) is 3.96. The van der Waals surface area contributed by atoms with E-state index in [1.54, 1.807) is 17.5 Å². The van der Waals surface area contributed by atoms with Crippen LogP contribution in [-0.4, -0.2) is 27.0 Å². The second-order valence-corrected chi connectivity index (χ2v) is 6.12. The summed E-state index contributed by atoms with van der Waals surface area (Å²) in [4.78, 5) is 11.8. The molecule has 0 bridgehead atoms. The first-order chi connectivity index (χ1) is 10.3. The molecule has 0 amide bonds. The van der Waals surface area contributed by atoms with Crippen LogP contribution in [0.15, 0.2) is 17.5 Å². The van der Waals surface area contributed by atoms with Crippen molar-refractivity contribution in [3.63, 3.8) is 0 Å². The van der Waals surface area contributed by atoms with Crippen molar-refractivity contribution >= 4 is 34.7 Å². The van der Waals surface area contributed by atoms with Crippen LogP contribution in [0.5, 0.6) is 0 Å². The lowest BCUT2D eigenvalue weighted by Crippen LogP contribution is -2.35. The molecular formula is C12H9ClF3N3O2S. The highest BCUT2D eigenvalue weighted by Gasteiger charge is 2.48. The normalized spacial score (nSPS) is 21.3. The molecule has 2 N–H and O–H groups in total. The van der Waals surface area contributed by atoms with Gasteiger partial charge in [0.15, 0.2) is 11.7 Å². The maximum Gasteiger partial charge on any atom is 0.410 e. The van der Waals surface area contributed by atoms with E-state index in [1.165, 1.54) is 11.3 Å². The fourth-order valence-electron chi connectivity index (χ4n) is 2.40. The number of thiophene rings is 1. The molecule has 0 saturated heterocycles. The highest BCUT2D eigenvalue weighted by molar-refractivity contribution is 7.10. The zero-order valence-electron chi connectivity index (χ0n) is 10.8. The van der Waals surface area contributed by atoms with E-state index in [1.807, 2.05) is 0 Å². The molecule has 0 aromatic carbocycles. The van der Waals surface area contributed by atoms with Crippen LogP contribution in [0.2, 0.25) is 5.02 Å². The van der Waals surface area contributed by atoms with Crippen molar-refractivity contribution in [2.75, 3.05) is 5.32 Å². The van der Waals surface area contributed by atoms with Crippen LogP contribution in [-0.2, 0) is 0 Å². The Morgan fingerprint density at radius 1 is 1.55 bits per heavy atom. The first-order valence-electron chi connectivity index (χ1n) is 6.17. The molecule has 2 atom stereocenters. The fourth-order valence-corrected chi connectivity index (χ4v) is 3.45. The van der Waals surface area contributed by atoms with E-state index in [2.05, 4.69) is 10.4 Å². The number of fused-ring (bicyclic) bond motifs is 1. The van der Waals surface area contributed by atoms with Gasteiger partial charge in [-0.1, -0.05) is 17.7 Å². The predicted molar refractivity (Wildman–Crippen MR) is 74.6 cm³/mol. The minimum absolute atomic E-state index is 0.119. The molecule has 0 fully saturated rings. The number of carboxylic acid groups (broad SMARTS) is 1. The number of hydrogen-bond acceptors (Lipinski definition) is 4. The summed E-state index contributed by atoms with van der Waals surface area (Å²) in [5.41, 5.74) is -0.592. The van der Waals surface area contributed by atoms with Crippen LogP contribution in [0.4, 0.5) is 19.0 Å². The van der Waals surface area contributed by atoms with Gasteiger partial charge in [0.1, 0.15) is 10.8 Å². The Hall–Kier alpha value is -1.74. The van der Waals surface area contributed by atoms with Gasteiger partial charge in [-0.05, 0) is 11.4 Å². The number of nitrogens with zero attached hydrogens (tertiary/aromatic N) is 2. The number of carbonyl (C=O) groups is 1. The maximum absolute atomic E-state index is 13.3. The maximum atomic E-state index is 13.3. The summed E-state index contributed by atoms with van der Waals surface area (Å²) in [5, 5.41) is 16.8. The molecule has 2 aromatic rings. The zero-order valence-corrected chi connectivity index (χ0v) is 12.3. The van der Waals surface area contributed by atoms with Gasteiger partial charge in [0, 0.05) is 11.3 Å². The smallest absolute Gasteiger partial charge is 0.410 e. The van der Waals surface area contributed by atoms with E-state index in [-0.39, 0.29) is 17.3 Å². The number of aromatic nitrogens is 2. The minimum Gasteiger partial charge on any atom is -0.476 e. The number of alkyl halides is 3. The van der Waals surface area contributed by atoms with Crippen LogP contribution in [0.3, 0.4) is 0 Å². The van der Waals surface area contributed by atoms with E-state index < -0.39 is 29.9 Å². The number of aromatic carboxylic acids is 1. The molecule has 0 radical (unpaired) electrons. The number of hydrogen-bond donors (Lipinski definition) is 2. The third-order valence-corrected chi connectivity index (χ3v) is 4.73. The Labute approximate surface area is 131 Å². The molecule has 3 rings (SSSR count). The SMILES string of the molecule is O=C(O)c1nn2c(c1Cl)NC(c1cccs1)CC2C(F)(F)F. The lowest BCUT2D eigenvalue weighted by atomic mass is 10.0. The molecule has 22 heavy (non-hydrogen) atoms. The topological polar surface area (TPSA) is 67.1 Å². The summed E-state index contributed by atoms with van der Waals surface area (Å²) in [5.74, 6) is -1.59. The van der Waals surface area contributed by atoms with Crippen molar-refractivity contribution in [1.29, 1.82) is 0 Å². The van der Waals surface area contributed by atoms with Gasteiger partial charge in [-0.2, -0.15) is 18.3 Å². The first-order valence-corrected chi connectivity index (χ1v) is 7.42. The van der Waals surface area contributed by atoms with Crippen molar-refractivity contribution in [3.05, 3.63) is 33.1 Å². The molecule has 0 aliphatic carbocycles. The third kappa shape index (κ3) is 2.44. The van der Waals surface area contributed by atoms with Gasteiger partial charge in [-0.25, -0.2) is 9.48 Å². The highest BCUT2D eigenvalue weighted by Crippen LogP contribution is 2.46. The number of anilines is 1. The van der Waals surface area contributed by atoms with Crippen molar-refractivity contribution in [3.8, 4) is 0 Å². The lowest BCUT2D eigenvalue weighted by molar-refractivity contribution is -0.173. The Morgan fingerprint density at radius 2 is 2.27 bits per heavy atom. The van der Waals surface area contributed by atoms with E-state index in [4.69, 9.17) is 16.7 Å².